The molecule has 0 radical (unpaired) electrons. The lowest BCUT2D eigenvalue weighted by Crippen LogP contribution is -1.66. The van der Waals surface area contributed by atoms with Crippen molar-refractivity contribution in [1.82, 2.24) is 0 Å². The summed E-state index contributed by atoms with van der Waals surface area (Å²) in [5.41, 5.74) is 0. The summed E-state index contributed by atoms with van der Waals surface area (Å²) < 4.78 is 8.88. The lowest BCUT2D eigenvalue weighted by atomic mass is 10.4. The van der Waals surface area contributed by atoms with Crippen LogP contribution in [0.5, 0.6) is 0 Å². The van der Waals surface area contributed by atoms with Gasteiger partial charge in [0.2, 0.25) is 0 Å². The summed E-state index contributed by atoms with van der Waals surface area (Å²) in [5, 5.41) is 6.50. The lowest BCUT2D eigenvalue weighted by Gasteiger charge is -1.82. The van der Waals surface area contributed by atoms with Gasteiger partial charge in [0.25, 0.3) is 0 Å². The van der Waals surface area contributed by atoms with Gasteiger partial charge in [-0.15, -0.1) is 0 Å². The van der Waals surface area contributed by atoms with Gasteiger partial charge < -0.3 is 14.7 Å². The van der Waals surface area contributed by atoms with Crippen molar-refractivity contribution in [3.05, 3.63) is 0 Å². The van der Waals surface area contributed by atoms with Crippen LogP contribution in [0.1, 0.15) is 26.7 Å². The van der Waals surface area contributed by atoms with Gasteiger partial charge in [-0.05, 0) is 0 Å². The Morgan fingerprint density at radius 2 is 1.27 bits per heavy atom. The van der Waals surface area contributed by atoms with Crippen LogP contribution in [-0.4, -0.2) is 14.7 Å². The minimum Gasteiger partial charge on any atom is -0.303 e. The Morgan fingerprint density at radius 3 is 1.27 bits per heavy atom. The van der Waals surface area contributed by atoms with Crippen molar-refractivity contribution in [3.63, 3.8) is 0 Å². The van der Waals surface area contributed by atoms with Gasteiger partial charge in [-0.1, -0.05) is 26.7 Å². The van der Waals surface area contributed by atoms with Crippen LogP contribution in [0.25, 0.3) is 0 Å². The summed E-state index contributed by atoms with van der Waals surface area (Å²) in [6, 6.07) is 0. The summed E-state index contributed by atoms with van der Waals surface area (Å²) in [6.45, 7) is 7.86. The predicted molar refractivity (Wildman–Crippen MR) is 41.5 cm³/mol. The highest BCUT2D eigenvalue weighted by atomic mass is 31.2. The van der Waals surface area contributed by atoms with Gasteiger partial charge in [-0.2, -0.15) is 0 Å². The molecule has 0 bridgehead atoms. The molecule has 0 rings (SSSR count). The maximum atomic E-state index is 8.88. The molecular weight excluding hydrogens is 169 g/mol. The topological polar surface area (TPSA) is 102 Å². The molecule has 0 fully saturated rings. The van der Waals surface area contributed by atoms with Crippen LogP contribution in [0.4, 0.5) is 0 Å². The Kier molecular flexibility index (Phi) is 18.9. The Bertz CT molecular complexity index is 109. The summed E-state index contributed by atoms with van der Waals surface area (Å²) >= 11 is 0. The zero-order valence-corrected chi connectivity index (χ0v) is 7.53. The average Bonchev–Trinajstić information content (AvgIpc) is 1.89. The maximum Gasteiger partial charge on any atom is 0.466 e. The molecule has 0 amide bonds. The average molecular weight is 183 g/mol. The van der Waals surface area contributed by atoms with E-state index in [4.69, 9.17) is 24.5 Å². The first kappa shape index (κ1) is 16.9. The highest BCUT2D eigenvalue weighted by molar-refractivity contribution is 7.45. The SMILES string of the molecule is C#N.CCCC.O=P(O)(O)O. The summed E-state index contributed by atoms with van der Waals surface area (Å²) in [7, 11) is -4.64. The van der Waals surface area contributed by atoms with Gasteiger partial charge in [0.05, 0.1) is 0 Å². The summed E-state index contributed by atoms with van der Waals surface area (Å²) in [4.78, 5) is 21.6. The summed E-state index contributed by atoms with van der Waals surface area (Å²) in [6.07, 6.45) is 2.64. The fourth-order valence-corrected chi connectivity index (χ4v) is 0. The Morgan fingerprint density at radius 1 is 1.18 bits per heavy atom. The van der Waals surface area contributed by atoms with Crippen LogP contribution in [0.15, 0.2) is 0 Å². The molecule has 3 N–H and O–H groups in total. The van der Waals surface area contributed by atoms with E-state index in [9.17, 15) is 0 Å². The molecule has 0 saturated heterocycles. The van der Waals surface area contributed by atoms with E-state index >= 15 is 0 Å². The molecule has 0 aromatic carbocycles. The Balaban J connectivity index is -0.0000000965. The lowest BCUT2D eigenvalue weighted by molar-refractivity contribution is 0.275. The third kappa shape index (κ3) is 1540. The van der Waals surface area contributed by atoms with Crippen LogP contribution >= 0.6 is 7.82 Å². The minimum absolute atomic E-state index is 1.32. The van der Waals surface area contributed by atoms with Gasteiger partial charge in [0.15, 0.2) is 0 Å². The van der Waals surface area contributed by atoms with Crippen LogP contribution in [0.3, 0.4) is 0 Å². The standard InChI is InChI=1S/C4H10.CHN.H3O4P/c1-3-4-2;1-2;1-5(2,3)4/h3-4H2,1-2H3;1H;(H3,1,2,3,4). The van der Waals surface area contributed by atoms with Crippen LogP contribution in [0, 0.1) is 11.8 Å². The van der Waals surface area contributed by atoms with E-state index in [1.807, 2.05) is 0 Å². The molecule has 5 nitrogen and oxygen atoms in total. The first-order chi connectivity index (χ1) is 4.91. The number of nitriles is 1. The zero-order valence-electron chi connectivity index (χ0n) is 6.64. The van der Waals surface area contributed by atoms with E-state index in [0.29, 0.717) is 0 Å². The van der Waals surface area contributed by atoms with E-state index < -0.39 is 7.82 Å². The van der Waals surface area contributed by atoms with Gasteiger partial charge in [0.1, 0.15) is 0 Å². The number of nitrogens with zero attached hydrogens (tertiary/aromatic N) is 1. The van der Waals surface area contributed by atoms with Gasteiger partial charge >= 0.3 is 7.82 Å². The van der Waals surface area contributed by atoms with Crippen molar-refractivity contribution in [1.29, 1.82) is 5.26 Å². The molecule has 0 atom stereocenters. The molecule has 0 spiro atoms. The molecule has 6 heteroatoms. The van der Waals surface area contributed by atoms with E-state index in [2.05, 4.69) is 20.4 Å². The third-order valence-electron chi connectivity index (χ3n) is 0.500. The molecule has 0 unspecified atom stereocenters. The second-order valence-corrected chi connectivity index (χ2v) is 2.54. The van der Waals surface area contributed by atoms with E-state index in [1.165, 1.54) is 12.8 Å². The molecule has 0 aliphatic carbocycles. The first-order valence-electron chi connectivity index (χ1n) is 2.95. The molecule has 0 saturated carbocycles. The fraction of sp³-hybridized carbons (Fsp3) is 0.800. The van der Waals surface area contributed by atoms with Gasteiger partial charge in [-0.25, -0.2) is 9.83 Å². The zero-order chi connectivity index (χ0) is 9.91. The van der Waals surface area contributed by atoms with Crippen molar-refractivity contribution in [2.45, 2.75) is 26.7 Å². The highest BCUT2D eigenvalue weighted by Gasteiger charge is 2.00. The van der Waals surface area contributed by atoms with Crippen molar-refractivity contribution >= 4 is 7.82 Å². The number of hydrogen-bond donors (Lipinski definition) is 3. The second kappa shape index (κ2) is 12.3. The van der Waals surface area contributed by atoms with E-state index in [1.54, 1.807) is 0 Å². The Hall–Kier alpha value is -0.400. The largest absolute Gasteiger partial charge is 0.466 e. The minimum atomic E-state index is -4.64. The van der Waals surface area contributed by atoms with Crippen molar-refractivity contribution in [3.8, 4) is 6.57 Å². The quantitative estimate of drug-likeness (QED) is 0.526. The van der Waals surface area contributed by atoms with E-state index in [0.717, 1.165) is 0 Å². The molecule has 0 heterocycles. The summed E-state index contributed by atoms with van der Waals surface area (Å²) in [5.74, 6) is 0. The molecular formula is C5H14NO4P. The Labute approximate surface area is 66.5 Å². The molecule has 11 heavy (non-hydrogen) atoms. The van der Waals surface area contributed by atoms with Crippen molar-refractivity contribution in [2.75, 3.05) is 0 Å². The number of hydrogen-bond acceptors (Lipinski definition) is 2. The van der Waals surface area contributed by atoms with Crippen LogP contribution in [0.2, 0.25) is 0 Å². The van der Waals surface area contributed by atoms with Gasteiger partial charge in [-0.3, -0.25) is 0 Å². The van der Waals surface area contributed by atoms with Crippen molar-refractivity contribution in [2.24, 2.45) is 0 Å². The molecule has 0 aromatic heterocycles. The normalized spacial score (nSPS) is 8.27. The smallest absolute Gasteiger partial charge is 0.303 e. The predicted octanol–water partition coefficient (Wildman–Crippen LogP) is 1.02. The highest BCUT2D eigenvalue weighted by Crippen LogP contribution is 2.25. The third-order valence-corrected chi connectivity index (χ3v) is 0.500. The first-order valence-corrected chi connectivity index (χ1v) is 4.52. The number of unbranched alkanes of at least 4 members (excludes halogenated alkanes) is 1. The van der Waals surface area contributed by atoms with E-state index in [-0.39, 0.29) is 0 Å². The fourth-order valence-electron chi connectivity index (χ4n) is 0. The number of phosphoric acid groups is 1. The monoisotopic (exact) mass is 183 g/mol. The molecule has 0 aromatic rings. The maximum absolute atomic E-state index is 8.88. The molecule has 68 valence electrons. The molecule has 0 aliphatic rings. The number of rotatable bonds is 1. The van der Waals surface area contributed by atoms with Crippen LogP contribution < -0.4 is 0 Å². The second-order valence-electron chi connectivity index (χ2n) is 1.51. The molecule has 0 aliphatic heterocycles. The van der Waals surface area contributed by atoms with Crippen LogP contribution in [-0.2, 0) is 4.57 Å². The van der Waals surface area contributed by atoms with Gasteiger partial charge in [0, 0.05) is 6.57 Å². The van der Waals surface area contributed by atoms with Crippen molar-refractivity contribution < 1.29 is 19.2 Å².